The minimum atomic E-state index is -4.77. The Hall–Kier alpha value is -4.20. The molecule has 0 aliphatic carbocycles. The van der Waals surface area contributed by atoms with E-state index in [1.807, 2.05) is 0 Å². The monoisotopic (exact) mass is 653 g/mol. The van der Waals surface area contributed by atoms with E-state index in [-0.39, 0.29) is 34.3 Å². The van der Waals surface area contributed by atoms with E-state index in [0.29, 0.717) is 17.2 Å². The standard InChI is InChI=1S/C28H22BrF6N5O2/c1-2-22-24(29)26(28(33,34)35)39-40(22)13-23(41)38-21(10-14-8-16(30)12-17(31)9-14)25-18(4-3-7-37-25)15-5-6-20(32)19(11-15)27(36)42/h3-9,11-12,21H,2,10,13H2,1H3,(H2,36,42)(H,38,41)/t21-/m0/s1. The van der Waals surface area contributed by atoms with Gasteiger partial charge in [-0.3, -0.25) is 19.3 Å². The van der Waals surface area contributed by atoms with Gasteiger partial charge in [0.1, 0.15) is 24.0 Å². The van der Waals surface area contributed by atoms with E-state index in [1.54, 1.807) is 19.1 Å². The average molecular weight is 654 g/mol. The molecule has 4 aromatic rings. The first-order chi connectivity index (χ1) is 19.8. The van der Waals surface area contributed by atoms with E-state index in [1.165, 1.54) is 18.3 Å². The van der Waals surface area contributed by atoms with Crippen LogP contribution in [-0.2, 0) is 30.4 Å². The molecule has 2 aromatic carbocycles. The van der Waals surface area contributed by atoms with E-state index in [4.69, 9.17) is 5.73 Å². The predicted molar refractivity (Wildman–Crippen MR) is 143 cm³/mol. The van der Waals surface area contributed by atoms with Crippen LogP contribution in [0.25, 0.3) is 11.1 Å². The van der Waals surface area contributed by atoms with Gasteiger partial charge in [-0.15, -0.1) is 0 Å². The Bertz CT molecular complexity index is 1640. The van der Waals surface area contributed by atoms with Crippen molar-refractivity contribution < 1.29 is 35.9 Å². The van der Waals surface area contributed by atoms with Gasteiger partial charge in [-0.2, -0.15) is 18.3 Å². The topological polar surface area (TPSA) is 103 Å². The summed E-state index contributed by atoms with van der Waals surface area (Å²) in [4.78, 5) is 29.3. The minimum absolute atomic E-state index is 0.125. The number of nitrogens with zero attached hydrogens (tertiary/aromatic N) is 3. The first-order valence-corrected chi connectivity index (χ1v) is 13.2. The summed E-state index contributed by atoms with van der Waals surface area (Å²) in [6.07, 6.45) is -3.44. The van der Waals surface area contributed by atoms with Gasteiger partial charge in [0.15, 0.2) is 5.69 Å². The van der Waals surface area contributed by atoms with Gasteiger partial charge in [0.05, 0.1) is 27.5 Å². The zero-order chi connectivity index (χ0) is 30.8. The maximum atomic E-state index is 14.2. The highest BCUT2D eigenvalue weighted by Gasteiger charge is 2.38. The molecule has 7 nitrogen and oxygen atoms in total. The van der Waals surface area contributed by atoms with Gasteiger partial charge in [0, 0.05) is 17.8 Å². The van der Waals surface area contributed by atoms with Crippen LogP contribution in [0.3, 0.4) is 0 Å². The van der Waals surface area contributed by atoms with E-state index >= 15 is 0 Å². The van der Waals surface area contributed by atoms with Crippen molar-refractivity contribution in [2.75, 3.05) is 0 Å². The van der Waals surface area contributed by atoms with Gasteiger partial charge in [-0.25, -0.2) is 13.2 Å². The van der Waals surface area contributed by atoms with Crippen molar-refractivity contribution in [3.8, 4) is 11.1 Å². The van der Waals surface area contributed by atoms with Crippen molar-refractivity contribution in [3.63, 3.8) is 0 Å². The number of halogens is 7. The highest BCUT2D eigenvalue weighted by atomic mass is 79.9. The van der Waals surface area contributed by atoms with Crippen molar-refractivity contribution >= 4 is 27.7 Å². The van der Waals surface area contributed by atoms with Gasteiger partial charge in [0.2, 0.25) is 5.91 Å². The fourth-order valence-electron chi connectivity index (χ4n) is 4.50. The Kier molecular flexibility index (Phi) is 9.04. The van der Waals surface area contributed by atoms with Crippen LogP contribution in [0.2, 0.25) is 0 Å². The normalized spacial score (nSPS) is 12.3. The molecule has 220 valence electrons. The van der Waals surface area contributed by atoms with Crippen LogP contribution in [0.15, 0.2) is 59.2 Å². The number of primary amides is 1. The molecule has 0 aliphatic heterocycles. The highest BCUT2D eigenvalue weighted by Crippen LogP contribution is 2.36. The SMILES string of the molecule is CCc1c(Br)c(C(F)(F)F)nn1CC(=O)N[C@@H](Cc1cc(F)cc(F)c1)c1ncccc1-c1ccc(F)c(C(N)=O)c1. The number of amides is 2. The summed E-state index contributed by atoms with van der Waals surface area (Å²) < 4.78 is 83.2. The van der Waals surface area contributed by atoms with Crippen molar-refractivity contribution in [2.45, 2.75) is 38.5 Å². The van der Waals surface area contributed by atoms with Crippen LogP contribution < -0.4 is 11.1 Å². The molecular weight excluding hydrogens is 632 g/mol. The molecule has 2 heterocycles. The summed E-state index contributed by atoms with van der Waals surface area (Å²) in [5.74, 6) is -4.38. The fraction of sp³-hybridized carbons (Fsp3) is 0.214. The maximum absolute atomic E-state index is 14.2. The molecule has 4 rings (SSSR count). The number of rotatable bonds is 9. The third kappa shape index (κ3) is 6.81. The van der Waals surface area contributed by atoms with Crippen LogP contribution in [0, 0.1) is 17.5 Å². The van der Waals surface area contributed by atoms with Crippen molar-refractivity contribution in [2.24, 2.45) is 5.73 Å². The molecule has 0 aliphatic rings. The van der Waals surface area contributed by atoms with E-state index in [0.717, 1.165) is 22.9 Å². The lowest BCUT2D eigenvalue weighted by atomic mass is 9.94. The molecule has 0 radical (unpaired) electrons. The lowest BCUT2D eigenvalue weighted by Crippen LogP contribution is -2.34. The number of aromatic nitrogens is 3. The molecule has 2 aromatic heterocycles. The third-order valence-electron chi connectivity index (χ3n) is 6.30. The van der Waals surface area contributed by atoms with Gasteiger partial charge in [-0.1, -0.05) is 19.1 Å². The Morgan fingerprint density at radius 2 is 1.76 bits per heavy atom. The molecule has 0 spiro atoms. The smallest absolute Gasteiger partial charge is 0.366 e. The van der Waals surface area contributed by atoms with Crippen LogP contribution in [-0.4, -0.2) is 26.6 Å². The molecule has 0 bridgehead atoms. The summed E-state index contributed by atoms with van der Waals surface area (Å²) in [5, 5.41) is 6.25. The Morgan fingerprint density at radius 3 is 2.38 bits per heavy atom. The molecular formula is C28H22BrF6N5O2. The Morgan fingerprint density at radius 1 is 1.07 bits per heavy atom. The lowest BCUT2D eigenvalue weighted by molar-refractivity contribution is -0.142. The lowest BCUT2D eigenvalue weighted by Gasteiger charge is -2.22. The van der Waals surface area contributed by atoms with Crippen LogP contribution in [0.4, 0.5) is 26.3 Å². The molecule has 2 amide bonds. The molecule has 14 heteroatoms. The predicted octanol–water partition coefficient (Wildman–Crippen LogP) is 5.91. The summed E-state index contributed by atoms with van der Waals surface area (Å²) in [6.45, 7) is 0.983. The quantitative estimate of drug-likeness (QED) is 0.219. The Balaban J connectivity index is 1.75. The number of nitrogens with two attached hydrogens (primary N) is 1. The van der Waals surface area contributed by atoms with Gasteiger partial charge in [-0.05, 0) is 70.2 Å². The zero-order valence-electron chi connectivity index (χ0n) is 21.8. The number of hydrogen-bond donors (Lipinski definition) is 2. The molecule has 0 unspecified atom stereocenters. The number of benzene rings is 2. The van der Waals surface area contributed by atoms with Crippen LogP contribution in [0.5, 0.6) is 0 Å². The average Bonchev–Trinajstić information content (AvgIpc) is 3.22. The van der Waals surface area contributed by atoms with Crippen LogP contribution in [0.1, 0.15) is 46.0 Å². The number of pyridine rings is 1. The van der Waals surface area contributed by atoms with E-state index in [2.05, 4.69) is 31.3 Å². The largest absolute Gasteiger partial charge is 0.436 e. The minimum Gasteiger partial charge on any atom is -0.366 e. The molecule has 1 atom stereocenters. The first-order valence-electron chi connectivity index (χ1n) is 12.4. The molecule has 0 saturated heterocycles. The van der Waals surface area contributed by atoms with E-state index < -0.39 is 59.3 Å². The van der Waals surface area contributed by atoms with Gasteiger partial charge < -0.3 is 11.1 Å². The number of carbonyl (C=O) groups is 2. The van der Waals surface area contributed by atoms with Gasteiger partial charge in [0.25, 0.3) is 5.91 Å². The van der Waals surface area contributed by atoms with Crippen molar-refractivity contribution in [1.82, 2.24) is 20.1 Å². The Labute approximate surface area is 243 Å². The molecule has 0 fully saturated rings. The molecule has 3 N–H and O–H groups in total. The van der Waals surface area contributed by atoms with Crippen molar-refractivity contribution in [3.05, 3.63) is 105 Å². The summed E-state index contributed by atoms with van der Waals surface area (Å²) in [6, 6.07) is 8.41. The van der Waals surface area contributed by atoms with Crippen LogP contribution >= 0.6 is 15.9 Å². The second-order valence-corrected chi connectivity index (χ2v) is 10.0. The first kappa shape index (κ1) is 30.8. The molecule has 0 saturated carbocycles. The van der Waals surface area contributed by atoms with E-state index in [9.17, 15) is 35.9 Å². The molecule has 42 heavy (non-hydrogen) atoms. The van der Waals surface area contributed by atoms with Gasteiger partial charge >= 0.3 is 6.18 Å². The number of alkyl halides is 3. The second-order valence-electron chi connectivity index (χ2n) is 9.22. The highest BCUT2D eigenvalue weighted by molar-refractivity contribution is 9.10. The zero-order valence-corrected chi connectivity index (χ0v) is 23.4. The second kappa shape index (κ2) is 12.3. The summed E-state index contributed by atoms with van der Waals surface area (Å²) in [7, 11) is 0. The summed E-state index contributed by atoms with van der Waals surface area (Å²) >= 11 is 2.91. The number of hydrogen-bond acceptors (Lipinski definition) is 4. The third-order valence-corrected chi connectivity index (χ3v) is 7.13. The summed E-state index contributed by atoms with van der Waals surface area (Å²) in [5.41, 5.74) is 4.78. The maximum Gasteiger partial charge on any atom is 0.436 e. The van der Waals surface area contributed by atoms with Crippen molar-refractivity contribution in [1.29, 1.82) is 0 Å². The number of carbonyl (C=O) groups excluding carboxylic acids is 2. The fourth-order valence-corrected chi connectivity index (χ4v) is 5.29. The number of nitrogens with one attached hydrogen (secondary N) is 1.